The van der Waals surface area contributed by atoms with Crippen LogP contribution < -0.4 is 20.3 Å². The summed E-state index contributed by atoms with van der Waals surface area (Å²) in [4.78, 5) is 25.4. The highest BCUT2D eigenvalue weighted by molar-refractivity contribution is 5.90. The molecular formula is C25H27N5O4. The standard InChI is InChI=1S/C25H27N5O4/c1-4-34-21-11-7-19(8-12-21)29-13-14-30-22(27-28-24(30)25(29)32)15-17(2)16-23(31)26-18-5-9-20(33-3)10-6-18/h5-14,17H,4,15-16H2,1-3H3,(H,26,31). The Morgan fingerprint density at radius 3 is 2.41 bits per heavy atom. The van der Waals surface area contributed by atoms with Crippen LogP contribution in [-0.2, 0) is 11.2 Å². The van der Waals surface area contributed by atoms with Crippen molar-refractivity contribution in [3.05, 3.63) is 77.1 Å². The average molecular weight is 462 g/mol. The lowest BCUT2D eigenvalue weighted by molar-refractivity contribution is -0.116. The van der Waals surface area contributed by atoms with E-state index in [1.807, 2.05) is 38.1 Å². The molecular weight excluding hydrogens is 434 g/mol. The van der Waals surface area contributed by atoms with Crippen LogP contribution >= 0.6 is 0 Å². The second-order valence-corrected chi connectivity index (χ2v) is 8.00. The Morgan fingerprint density at radius 2 is 1.74 bits per heavy atom. The first kappa shape index (κ1) is 23.0. The highest BCUT2D eigenvalue weighted by Crippen LogP contribution is 2.18. The number of nitrogens with one attached hydrogen (secondary N) is 1. The summed E-state index contributed by atoms with van der Waals surface area (Å²) in [5.41, 5.74) is 1.39. The Bertz CT molecular complexity index is 1330. The minimum absolute atomic E-state index is 0.000750. The summed E-state index contributed by atoms with van der Waals surface area (Å²) < 4.78 is 13.8. The highest BCUT2D eigenvalue weighted by Gasteiger charge is 2.16. The molecule has 4 aromatic rings. The molecule has 0 aliphatic heterocycles. The smallest absolute Gasteiger partial charge is 0.300 e. The van der Waals surface area contributed by atoms with Gasteiger partial charge in [0.25, 0.3) is 0 Å². The maximum atomic E-state index is 13.0. The lowest BCUT2D eigenvalue weighted by Crippen LogP contribution is -2.21. The third-order valence-corrected chi connectivity index (χ3v) is 5.41. The molecule has 1 amide bonds. The second-order valence-electron chi connectivity index (χ2n) is 8.00. The average Bonchev–Trinajstić information content (AvgIpc) is 3.24. The topological polar surface area (TPSA) is 99.8 Å². The van der Waals surface area contributed by atoms with Crippen LogP contribution in [0.25, 0.3) is 11.3 Å². The van der Waals surface area contributed by atoms with Gasteiger partial charge < -0.3 is 14.8 Å². The molecule has 0 radical (unpaired) electrons. The fourth-order valence-electron chi connectivity index (χ4n) is 3.73. The number of anilines is 1. The van der Waals surface area contributed by atoms with Gasteiger partial charge in [-0.25, -0.2) is 0 Å². The minimum Gasteiger partial charge on any atom is -0.497 e. The number of aromatic nitrogens is 4. The molecule has 9 nitrogen and oxygen atoms in total. The lowest BCUT2D eigenvalue weighted by Gasteiger charge is -2.12. The molecule has 1 unspecified atom stereocenters. The van der Waals surface area contributed by atoms with Gasteiger partial charge in [0.2, 0.25) is 11.6 Å². The maximum absolute atomic E-state index is 13.0. The molecule has 34 heavy (non-hydrogen) atoms. The van der Waals surface area contributed by atoms with E-state index in [0.717, 1.165) is 11.5 Å². The van der Waals surface area contributed by atoms with Gasteiger partial charge in [0, 0.05) is 36.6 Å². The van der Waals surface area contributed by atoms with Crippen molar-refractivity contribution in [2.75, 3.05) is 19.0 Å². The summed E-state index contributed by atoms with van der Waals surface area (Å²) in [5.74, 6) is 2.01. The molecule has 0 aliphatic carbocycles. The quantitative estimate of drug-likeness (QED) is 0.410. The molecule has 2 heterocycles. The van der Waals surface area contributed by atoms with Crippen LogP contribution in [0.4, 0.5) is 5.69 Å². The lowest BCUT2D eigenvalue weighted by atomic mass is 10.0. The number of amides is 1. The van der Waals surface area contributed by atoms with E-state index in [0.29, 0.717) is 36.6 Å². The fourth-order valence-corrected chi connectivity index (χ4v) is 3.73. The number of rotatable bonds is 9. The van der Waals surface area contributed by atoms with Gasteiger partial charge in [-0.05, 0) is 61.4 Å². The molecule has 4 rings (SSSR count). The van der Waals surface area contributed by atoms with Crippen LogP contribution in [0, 0.1) is 5.92 Å². The van der Waals surface area contributed by atoms with Gasteiger partial charge in [-0.2, -0.15) is 0 Å². The van der Waals surface area contributed by atoms with Crippen molar-refractivity contribution in [2.45, 2.75) is 26.7 Å². The monoisotopic (exact) mass is 461 g/mol. The van der Waals surface area contributed by atoms with Crippen LogP contribution in [0.2, 0.25) is 0 Å². The zero-order valence-electron chi connectivity index (χ0n) is 19.4. The Morgan fingerprint density at radius 1 is 1.03 bits per heavy atom. The molecule has 0 aliphatic rings. The number of carbonyl (C=O) groups excluding carboxylic acids is 1. The van der Waals surface area contributed by atoms with Crippen LogP contribution in [0.5, 0.6) is 11.5 Å². The number of hydrogen-bond acceptors (Lipinski definition) is 6. The van der Waals surface area contributed by atoms with Crippen molar-refractivity contribution < 1.29 is 14.3 Å². The second kappa shape index (κ2) is 10.2. The normalized spacial score (nSPS) is 11.9. The summed E-state index contributed by atoms with van der Waals surface area (Å²) in [6.07, 6.45) is 4.28. The van der Waals surface area contributed by atoms with Crippen molar-refractivity contribution in [3.8, 4) is 17.2 Å². The molecule has 1 N–H and O–H groups in total. The van der Waals surface area contributed by atoms with Crippen molar-refractivity contribution in [1.29, 1.82) is 0 Å². The van der Waals surface area contributed by atoms with Crippen LogP contribution in [0.1, 0.15) is 26.1 Å². The van der Waals surface area contributed by atoms with Gasteiger partial charge in [-0.15, -0.1) is 10.2 Å². The SMILES string of the molecule is CCOc1ccc(-n2ccn3c(CC(C)CC(=O)Nc4ccc(OC)cc4)nnc3c2=O)cc1. The summed E-state index contributed by atoms with van der Waals surface area (Å²) >= 11 is 0. The van der Waals surface area contributed by atoms with Crippen molar-refractivity contribution in [2.24, 2.45) is 5.92 Å². The van der Waals surface area contributed by atoms with Gasteiger partial charge >= 0.3 is 5.56 Å². The van der Waals surface area contributed by atoms with Gasteiger partial charge in [0.15, 0.2) is 0 Å². The Labute approximate surface area is 197 Å². The number of hydrogen-bond donors (Lipinski definition) is 1. The molecule has 0 saturated carbocycles. The van der Waals surface area contributed by atoms with Gasteiger partial charge in [-0.1, -0.05) is 6.92 Å². The Hall–Kier alpha value is -4.14. The predicted octanol–water partition coefficient (Wildman–Crippen LogP) is 3.49. The molecule has 0 bridgehead atoms. The fraction of sp³-hybridized carbons (Fsp3) is 0.280. The zero-order chi connectivity index (χ0) is 24.1. The van der Waals surface area contributed by atoms with E-state index in [4.69, 9.17) is 9.47 Å². The zero-order valence-corrected chi connectivity index (χ0v) is 19.4. The van der Waals surface area contributed by atoms with E-state index in [9.17, 15) is 9.59 Å². The minimum atomic E-state index is -0.268. The first-order chi connectivity index (χ1) is 16.5. The summed E-state index contributed by atoms with van der Waals surface area (Å²) in [5, 5.41) is 11.2. The van der Waals surface area contributed by atoms with Crippen LogP contribution in [0.15, 0.2) is 65.7 Å². The highest BCUT2D eigenvalue weighted by atomic mass is 16.5. The van der Waals surface area contributed by atoms with Crippen LogP contribution in [-0.4, -0.2) is 38.8 Å². The van der Waals surface area contributed by atoms with E-state index >= 15 is 0 Å². The van der Waals surface area contributed by atoms with Crippen LogP contribution in [0.3, 0.4) is 0 Å². The number of fused-ring (bicyclic) bond motifs is 1. The number of carbonyl (C=O) groups is 1. The Balaban J connectivity index is 1.44. The summed E-state index contributed by atoms with van der Waals surface area (Å²) in [7, 11) is 1.60. The number of nitrogens with zero attached hydrogens (tertiary/aromatic N) is 4. The number of methoxy groups -OCH3 is 1. The first-order valence-corrected chi connectivity index (χ1v) is 11.1. The summed E-state index contributed by atoms with van der Waals surface area (Å²) in [6, 6.07) is 14.5. The Kier molecular flexibility index (Phi) is 6.91. The van der Waals surface area contributed by atoms with E-state index in [1.165, 1.54) is 4.57 Å². The molecule has 2 aromatic carbocycles. The largest absolute Gasteiger partial charge is 0.497 e. The maximum Gasteiger partial charge on any atom is 0.300 e. The van der Waals surface area contributed by atoms with E-state index in [-0.39, 0.29) is 23.0 Å². The molecule has 9 heteroatoms. The van der Waals surface area contributed by atoms with Crippen molar-refractivity contribution in [1.82, 2.24) is 19.2 Å². The van der Waals surface area contributed by atoms with Crippen molar-refractivity contribution in [3.63, 3.8) is 0 Å². The molecule has 0 spiro atoms. The third kappa shape index (κ3) is 5.09. The third-order valence-electron chi connectivity index (χ3n) is 5.41. The first-order valence-electron chi connectivity index (χ1n) is 11.1. The van der Waals surface area contributed by atoms with Gasteiger partial charge in [0.1, 0.15) is 17.3 Å². The molecule has 176 valence electrons. The molecule has 0 saturated heterocycles. The molecule has 1 atom stereocenters. The molecule has 0 fully saturated rings. The van der Waals surface area contributed by atoms with Gasteiger partial charge in [0.05, 0.1) is 13.7 Å². The van der Waals surface area contributed by atoms with E-state index in [2.05, 4.69) is 15.5 Å². The summed E-state index contributed by atoms with van der Waals surface area (Å²) in [6.45, 7) is 4.47. The number of benzene rings is 2. The molecule has 2 aromatic heterocycles. The number of ether oxygens (including phenoxy) is 2. The van der Waals surface area contributed by atoms with E-state index < -0.39 is 0 Å². The van der Waals surface area contributed by atoms with Gasteiger partial charge in [-0.3, -0.25) is 18.6 Å². The van der Waals surface area contributed by atoms with E-state index in [1.54, 1.807) is 48.2 Å². The van der Waals surface area contributed by atoms with Crippen molar-refractivity contribution >= 4 is 17.2 Å². The predicted molar refractivity (Wildman–Crippen MR) is 129 cm³/mol.